The maximum absolute atomic E-state index is 13.2. The van der Waals surface area contributed by atoms with Crippen LogP contribution in [-0.4, -0.2) is 47.1 Å². The van der Waals surface area contributed by atoms with Crippen LogP contribution in [0.1, 0.15) is 41.3 Å². The highest BCUT2D eigenvalue weighted by atomic mass is 32.1. The summed E-state index contributed by atoms with van der Waals surface area (Å²) in [5.41, 5.74) is 6.65. The van der Waals surface area contributed by atoms with Gasteiger partial charge >= 0.3 is 0 Å². The van der Waals surface area contributed by atoms with Crippen molar-refractivity contribution in [3.63, 3.8) is 0 Å². The van der Waals surface area contributed by atoms with Crippen molar-refractivity contribution in [3.05, 3.63) is 82.2 Å². The first-order valence-electron chi connectivity index (χ1n) is 13.2. The lowest BCUT2D eigenvalue weighted by Crippen LogP contribution is -2.51. The number of carbonyl (C=O) groups is 3. The average Bonchev–Trinajstić information content (AvgIpc) is 3.68. The minimum Gasteiger partial charge on any atom is -0.457 e. The Hall–Kier alpha value is -4.64. The molecule has 5 N–H and O–H groups in total. The molecule has 0 saturated carbocycles. The van der Waals surface area contributed by atoms with E-state index in [4.69, 9.17) is 20.3 Å². The van der Waals surface area contributed by atoms with Crippen LogP contribution in [0.5, 0.6) is 11.5 Å². The second-order valence-corrected chi connectivity index (χ2v) is 11.1. The van der Waals surface area contributed by atoms with Gasteiger partial charge in [0, 0.05) is 27.2 Å². The number of ether oxygens (including phenoxy) is 1. The molecule has 1 aliphatic heterocycles. The molecule has 0 radical (unpaired) electrons. The smallest absolute Gasteiger partial charge is 0.287 e. The molecule has 3 amide bonds. The molecule has 2 aromatic carbocycles. The van der Waals surface area contributed by atoms with Crippen LogP contribution < -0.4 is 21.1 Å². The van der Waals surface area contributed by atoms with Gasteiger partial charge in [0.2, 0.25) is 11.8 Å². The molecule has 0 aliphatic carbocycles. The summed E-state index contributed by atoms with van der Waals surface area (Å²) in [6, 6.07) is 17.2. The molecule has 0 bridgehead atoms. The molecule has 1 fully saturated rings. The first kappa shape index (κ1) is 27.9. The van der Waals surface area contributed by atoms with Crippen molar-refractivity contribution >= 4 is 45.9 Å². The fourth-order valence-corrected chi connectivity index (χ4v) is 5.74. The number of fused-ring (bicyclic) bond motifs is 1. The highest BCUT2D eigenvalue weighted by molar-refractivity contribution is 7.10. The highest BCUT2D eigenvalue weighted by Gasteiger charge is 2.42. The van der Waals surface area contributed by atoms with E-state index >= 15 is 0 Å². The van der Waals surface area contributed by atoms with E-state index in [1.807, 2.05) is 44.2 Å². The number of thiophene rings is 1. The normalized spacial score (nSPS) is 18.3. The fraction of sp³-hybridized carbons (Fsp3) is 0.267. The number of nitrogen functional groups attached to an aromatic ring is 1. The van der Waals surface area contributed by atoms with E-state index in [1.165, 1.54) is 11.3 Å². The maximum Gasteiger partial charge on any atom is 0.287 e. The van der Waals surface area contributed by atoms with Crippen LogP contribution in [0, 0.1) is 11.3 Å². The number of nitrogens with two attached hydrogens (primary N) is 1. The van der Waals surface area contributed by atoms with Crippen molar-refractivity contribution in [2.24, 2.45) is 11.7 Å². The van der Waals surface area contributed by atoms with Gasteiger partial charge in [0.25, 0.3) is 5.91 Å². The van der Waals surface area contributed by atoms with Crippen LogP contribution in [0.25, 0.3) is 11.0 Å². The second kappa shape index (κ2) is 11.8. The average molecular weight is 574 g/mol. The molecule has 0 spiro atoms. The number of benzene rings is 2. The number of amidine groups is 1. The number of likely N-dealkylation sites (tertiary alicyclic amines) is 1. The maximum atomic E-state index is 13.2. The number of rotatable bonds is 9. The standard InChI is InChI=1S/C30H31N5O5S/c1-17-10-24(29(37)33-14-23-12-20(16-41-23)28(31)32)35(18(17)2)27(36)15-34-30(38)26-13-19-11-22(8-9-25(19)40-26)39-21-6-4-3-5-7-21/h3-9,11-13,16-18,24H,10,14-15H2,1-2H3,(H3,31,32)(H,33,37)(H,34,38)/t17-,18?,24?/m0/s1. The zero-order valence-electron chi connectivity index (χ0n) is 22.7. The van der Waals surface area contributed by atoms with Crippen LogP contribution in [0.4, 0.5) is 0 Å². The summed E-state index contributed by atoms with van der Waals surface area (Å²) in [5.74, 6) is 0.316. The molecule has 11 heteroatoms. The van der Waals surface area contributed by atoms with Gasteiger partial charge in [0.1, 0.15) is 29.0 Å². The van der Waals surface area contributed by atoms with Crippen LogP contribution in [0.15, 0.2) is 70.5 Å². The molecule has 4 aromatic rings. The Labute approximate surface area is 241 Å². The van der Waals surface area contributed by atoms with Crippen molar-refractivity contribution in [1.29, 1.82) is 5.41 Å². The number of furan rings is 1. The fourth-order valence-electron chi connectivity index (χ4n) is 4.92. The van der Waals surface area contributed by atoms with Gasteiger partial charge in [0.05, 0.1) is 13.1 Å². The largest absolute Gasteiger partial charge is 0.457 e. The van der Waals surface area contributed by atoms with Gasteiger partial charge < -0.3 is 30.4 Å². The Morgan fingerprint density at radius 1 is 1.07 bits per heavy atom. The number of carbonyl (C=O) groups excluding carboxylic acids is 3. The summed E-state index contributed by atoms with van der Waals surface area (Å²) in [6.07, 6.45) is 0.521. The molecule has 1 saturated heterocycles. The summed E-state index contributed by atoms with van der Waals surface area (Å²) in [6.45, 7) is 3.91. The van der Waals surface area contributed by atoms with E-state index in [-0.39, 0.29) is 48.5 Å². The number of para-hydroxylation sites is 1. The molecule has 2 unspecified atom stereocenters. The number of hydrogen-bond donors (Lipinski definition) is 4. The minimum absolute atomic E-state index is 0.0273. The molecule has 5 rings (SSSR count). The van der Waals surface area contributed by atoms with Gasteiger partial charge in [-0.3, -0.25) is 19.8 Å². The Morgan fingerprint density at radius 3 is 2.59 bits per heavy atom. The van der Waals surface area contributed by atoms with E-state index in [0.29, 0.717) is 34.5 Å². The van der Waals surface area contributed by atoms with Crippen molar-refractivity contribution in [2.75, 3.05) is 6.54 Å². The van der Waals surface area contributed by atoms with Crippen molar-refractivity contribution in [2.45, 2.75) is 38.9 Å². The Morgan fingerprint density at radius 2 is 1.85 bits per heavy atom. The van der Waals surface area contributed by atoms with E-state index in [9.17, 15) is 14.4 Å². The summed E-state index contributed by atoms with van der Waals surface area (Å²) < 4.78 is 11.6. The Kier molecular flexibility index (Phi) is 8.06. The predicted molar refractivity (Wildman–Crippen MR) is 156 cm³/mol. The number of hydrogen-bond acceptors (Lipinski definition) is 7. The molecule has 1 aliphatic rings. The van der Waals surface area contributed by atoms with Crippen LogP contribution in [0.2, 0.25) is 0 Å². The van der Waals surface area contributed by atoms with Gasteiger partial charge in [-0.15, -0.1) is 11.3 Å². The number of nitrogens with one attached hydrogen (secondary N) is 3. The van der Waals surface area contributed by atoms with Crippen molar-refractivity contribution < 1.29 is 23.5 Å². The molecule has 10 nitrogen and oxygen atoms in total. The lowest BCUT2D eigenvalue weighted by Gasteiger charge is -2.28. The highest BCUT2D eigenvalue weighted by Crippen LogP contribution is 2.30. The van der Waals surface area contributed by atoms with Crippen molar-refractivity contribution in [3.8, 4) is 11.5 Å². The first-order chi connectivity index (χ1) is 19.7. The first-order valence-corrected chi connectivity index (χ1v) is 14.1. The third-order valence-corrected chi connectivity index (χ3v) is 8.21. The van der Waals surface area contributed by atoms with E-state index in [2.05, 4.69) is 10.6 Å². The minimum atomic E-state index is -0.647. The molecule has 41 heavy (non-hydrogen) atoms. The zero-order valence-corrected chi connectivity index (χ0v) is 23.5. The third-order valence-electron chi connectivity index (χ3n) is 7.28. The van der Waals surface area contributed by atoms with Gasteiger partial charge in [-0.1, -0.05) is 25.1 Å². The van der Waals surface area contributed by atoms with E-state index in [0.717, 1.165) is 4.88 Å². The van der Waals surface area contributed by atoms with E-state index < -0.39 is 11.9 Å². The lowest BCUT2D eigenvalue weighted by molar-refractivity contribution is -0.139. The molecular weight excluding hydrogens is 542 g/mol. The summed E-state index contributed by atoms with van der Waals surface area (Å²) in [7, 11) is 0. The quantitative estimate of drug-likeness (QED) is 0.174. The molecule has 212 valence electrons. The van der Waals surface area contributed by atoms with Gasteiger partial charge in [-0.25, -0.2) is 0 Å². The molecular formula is C30H31N5O5S. The molecule has 3 atom stereocenters. The second-order valence-electron chi connectivity index (χ2n) is 10.1. The summed E-state index contributed by atoms with van der Waals surface area (Å²) in [4.78, 5) is 41.6. The van der Waals surface area contributed by atoms with E-state index in [1.54, 1.807) is 40.6 Å². The molecule has 2 aromatic heterocycles. The summed E-state index contributed by atoms with van der Waals surface area (Å²) >= 11 is 1.40. The summed E-state index contributed by atoms with van der Waals surface area (Å²) in [5, 5.41) is 15.5. The van der Waals surface area contributed by atoms with Crippen LogP contribution >= 0.6 is 11.3 Å². The van der Waals surface area contributed by atoms with Gasteiger partial charge in [0.15, 0.2) is 5.76 Å². The monoisotopic (exact) mass is 573 g/mol. The van der Waals surface area contributed by atoms with Crippen LogP contribution in [0.3, 0.4) is 0 Å². The number of nitrogens with zero attached hydrogens (tertiary/aromatic N) is 1. The lowest BCUT2D eigenvalue weighted by atomic mass is 10.0. The van der Waals surface area contributed by atoms with Crippen molar-refractivity contribution in [1.82, 2.24) is 15.5 Å². The third kappa shape index (κ3) is 6.25. The molecule has 3 heterocycles. The zero-order chi connectivity index (χ0) is 29.1. The Balaban J connectivity index is 1.19. The van der Waals surface area contributed by atoms with Crippen LogP contribution in [-0.2, 0) is 16.1 Å². The predicted octanol–water partition coefficient (Wildman–Crippen LogP) is 4.24. The van der Waals surface area contributed by atoms with Gasteiger partial charge in [-0.05, 0) is 61.7 Å². The van der Waals surface area contributed by atoms with Gasteiger partial charge in [-0.2, -0.15) is 0 Å². The Bertz CT molecular complexity index is 1600. The topological polar surface area (TPSA) is 151 Å². The SMILES string of the molecule is CC1[C@@H](C)CC(C(=O)NCc2cc(C(=N)N)cs2)N1C(=O)CNC(=O)c1cc2cc(Oc3ccccc3)ccc2o1. The number of amides is 3.